The molecule has 0 aliphatic heterocycles. The van der Waals surface area contributed by atoms with Crippen LogP contribution < -0.4 is 5.32 Å². The predicted molar refractivity (Wildman–Crippen MR) is 63.4 cm³/mol. The normalized spacial score (nSPS) is 23.7. The van der Waals surface area contributed by atoms with E-state index in [0.717, 1.165) is 6.42 Å². The number of rotatable bonds is 2. The zero-order valence-electron chi connectivity index (χ0n) is 9.12. The number of halogens is 2. The first kappa shape index (κ1) is 12.3. The Morgan fingerprint density at radius 2 is 2.24 bits per heavy atom. The summed E-state index contributed by atoms with van der Waals surface area (Å²) in [6.45, 7) is 0. The summed E-state index contributed by atoms with van der Waals surface area (Å²) in [5.41, 5.74) is 0.246. The highest BCUT2D eigenvalue weighted by Gasteiger charge is 2.31. The SMILES string of the molecule is O=C(Nc1cc(F)ccc1Cl)C1CCCC1O. The molecular weight excluding hydrogens is 245 g/mol. The lowest BCUT2D eigenvalue weighted by molar-refractivity contribution is -0.122. The minimum Gasteiger partial charge on any atom is -0.392 e. The summed E-state index contributed by atoms with van der Waals surface area (Å²) in [6.07, 6.45) is 1.51. The van der Waals surface area contributed by atoms with Gasteiger partial charge in [-0.05, 0) is 37.5 Å². The summed E-state index contributed by atoms with van der Waals surface area (Å²) < 4.78 is 13.0. The van der Waals surface area contributed by atoms with E-state index in [0.29, 0.717) is 12.8 Å². The van der Waals surface area contributed by atoms with Gasteiger partial charge in [0.25, 0.3) is 0 Å². The number of anilines is 1. The van der Waals surface area contributed by atoms with Crippen molar-refractivity contribution in [2.75, 3.05) is 5.32 Å². The lowest BCUT2D eigenvalue weighted by Crippen LogP contribution is -2.28. The number of hydrogen-bond acceptors (Lipinski definition) is 2. The summed E-state index contributed by atoms with van der Waals surface area (Å²) in [7, 11) is 0. The molecule has 5 heteroatoms. The van der Waals surface area contributed by atoms with Crippen molar-refractivity contribution in [2.24, 2.45) is 5.92 Å². The molecule has 1 amide bonds. The predicted octanol–water partition coefficient (Wildman–Crippen LogP) is 2.58. The van der Waals surface area contributed by atoms with E-state index >= 15 is 0 Å². The van der Waals surface area contributed by atoms with Crippen molar-refractivity contribution in [3.63, 3.8) is 0 Å². The van der Waals surface area contributed by atoms with Gasteiger partial charge in [0.15, 0.2) is 0 Å². The van der Waals surface area contributed by atoms with Crippen LogP contribution in [0, 0.1) is 11.7 Å². The van der Waals surface area contributed by atoms with Crippen LogP contribution in [0.15, 0.2) is 18.2 Å². The van der Waals surface area contributed by atoms with Crippen LogP contribution in [0.1, 0.15) is 19.3 Å². The first-order valence-electron chi connectivity index (χ1n) is 5.52. The smallest absolute Gasteiger partial charge is 0.230 e. The Morgan fingerprint density at radius 3 is 2.88 bits per heavy atom. The van der Waals surface area contributed by atoms with Gasteiger partial charge in [0, 0.05) is 0 Å². The highest BCUT2D eigenvalue weighted by atomic mass is 35.5. The second-order valence-corrected chi connectivity index (χ2v) is 4.63. The van der Waals surface area contributed by atoms with Gasteiger partial charge < -0.3 is 10.4 Å². The van der Waals surface area contributed by atoms with Crippen LogP contribution in [-0.4, -0.2) is 17.1 Å². The number of aliphatic hydroxyl groups is 1. The summed E-state index contributed by atoms with van der Waals surface area (Å²) in [4.78, 5) is 11.8. The molecule has 1 fully saturated rings. The largest absolute Gasteiger partial charge is 0.392 e. The van der Waals surface area contributed by atoms with Crippen LogP contribution in [0.25, 0.3) is 0 Å². The lowest BCUT2D eigenvalue weighted by Gasteiger charge is -2.15. The molecule has 0 radical (unpaired) electrons. The maximum absolute atomic E-state index is 13.0. The molecule has 2 rings (SSSR count). The molecule has 3 nitrogen and oxygen atoms in total. The van der Waals surface area contributed by atoms with Crippen molar-refractivity contribution in [1.29, 1.82) is 0 Å². The minimum atomic E-state index is -0.609. The zero-order valence-corrected chi connectivity index (χ0v) is 9.88. The number of nitrogens with one attached hydrogen (secondary N) is 1. The Balaban J connectivity index is 2.10. The third kappa shape index (κ3) is 2.76. The third-order valence-electron chi connectivity index (χ3n) is 3.00. The van der Waals surface area contributed by atoms with Crippen molar-refractivity contribution < 1.29 is 14.3 Å². The van der Waals surface area contributed by atoms with Crippen molar-refractivity contribution in [3.8, 4) is 0 Å². The Hall–Kier alpha value is -1.13. The molecule has 0 spiro atoms. The second kappa shape index (κ2) is 5.02. The molecule has 17 heavy (non-hydrogen) atoms. The van der Waals surface area contributed by atoms with E-state index in [1.54, 1.807) is 0 Å². The average molecular weight is 258 g/mol. The highest BCUT2D eigenvalue weighted by molar-refractivity contribution is 6.33. The number of carbonyl (C=O) groups is 1. The van der Waals surface area contributed by atoms with Gasteiger partial charge in [-0.1, -0.05) is 11.6 Å². The maximum Gasteiger partial charge on any atom is 0.230 e. The molecule has 2 atom stereocenters. The van der Waals surface area contributed by atoms with Crippen LogP contribution in [0.2, 0.25) is 5.02 Å². The van der Waals surface area contributed by atoms with Crippen LogP contribution in [0.4, 0.5) is 10.1 Å². The van der Waals surface area contributed by atoms with Gasteiger partial charge >= 0.3 is 0 Å². The standard InChI is InChI=1S/C12H13ClFNO2/c13-9-5-4-7(14)6-10(9)15-12(17)8-2-1-3-11(8)16/h4-6,8,11,16H,1-3H2,(H,15,17). The van der Waals surface area contributed by atoms with Crippen LogP contribution in [-0.2, 0) is 4.79 Å². The van der Waals surface area contributed by atoms with Crippen LogP contribution in [0.5, 0.6) is 0 Å². The van der Waals surface area contributed by atoms with E-state index in [1.807, 2.05) is 0 Å². The number of benzene rings is 1. The molecule has 92 valence electrons. The van der Waals surface area contributed by atoms with Gasteiger partial charge in [-0.25, -0.2) is 4.39 Å². The van der Waals surface area contributed by atoms with E-state index < -0.39 is 17.8 Å². The average Bonchev–Trinajstić information content (AvgIpc) is 2.70. The Labute approximate surface area is 104 Å². The van der Waals surface area contributed by atoms with Crippen molar-refractivity contribution >= 4 is 23.2 Å². The molecule has 2 N–H and O–H groups in total. The molecule has 0 saturated heterocycles. The number of hydrogen-bond donors (Lipinski definition) is 2. The lowest BCUT2D eigenvalue weighted by atomic mass is 10.1. The molecule has 2 unspecified atom stereocenters. The summed E-state index contributed by atoms with van der Waals surface area (Å²) >= 11 is 5.84. The van der Waals surface area contributed by atoms with Gasteiger partial charge in [0.05, 0.1) is 22.7 Å². The minimum absolute atomic E-state index is 0.246. The maximum atomic E-state index is 13.0. The van der Waals surface area contributed by atoms with E-state index in [-0.39, 0.29) is 16.6 Å². The Bertz CT molecular complexity index is 439. The fraction of sp³-hybridized carbons (Fsp3) is 0.417. The first-order valence-corrected chi connectivity index (χ1v) is 5.89. The molecule has 0 heterocycles. The van der Waals surface area contributed by atoms with Gasteiger partial charge in [0.1, 0.15) is 5.82 Å². The van der Waals surface area contributed by atoms with Crippen molar-refractivity contribution in [3.05, 3.63) is 29.0 Å². The molecule has 1 aromatic rings. The van der Waals surface area contributed by atoms with Gasteiger partial charge in [-0.3, -0.25) is 4.79 Å². The highest BCUT2D eigenvalue weighted by Crippen LogP contribution is 2.28. The molecule has 0 bridgehead atoms. The van der Waals surface area contributed by atoms with Crippen molar-refractivity contribution in [2.45, 2.75) is 25.4 Å². The summed E-state index contributed by atoms with van der Waals surface area (Å²) in [5.74, 6) is -1.19. The molecular formula is C12H13ClFNO2. The monoisotopic (exact) mass is 257 g/mol. The van der Waals surface area contributed by atoms with E-state index in [2.05, 4.69) is 5.32 Å². The van der Waals surface area contributed by atoms with Crippen LogP contribution in [0.3, 0.4) is 0 Å². The molecule has 1 aliphatic carbocycles. The summed E-state index contributed by atoms with van der Waals surface area (Å²) in [5, 5.41) is 12.4. The third-order valence-corrected chi connectivity index (χ3v) is 3.33. The fourth-order valence-electron chi connectivity index (χ4n) is 2.07. The number of carbonyl (C=O) groups excluding carboxylic acids is 1. The molecule has 1 aliphatic rings. The first-order chi connectivity index (χ1) is 8.08. The zero-order chi connectivity index (χ0) is 12.4. The van der Waals surface area contributed by atoms with Gasteiger partial charge in [-0.2, -0.15) is 0 Å². The van der Waals surface area contributed by atoms with Crippen LogP contribution >= 0.6 is 11.6 Å². The number of amides is 1. The topological polar surface area (TPSA) is 49.3 Å². The van der Waals surface area contributed by atoms with E-state index in [1.165, 1.54) is 18.2 Å². The van der Waals surface area contributed by atoms with E-state index in [4.69, 9.17) is 11.6 Å². The fourth-order valence-corrected chi connectivity index (χ4v) is 2.23. The molecule has 1 aromatic carbocycles. The summed E-state index contributed by atoms with van der Waals surface area (Å²) in [6, 6.07) is 3.78. The Kier molecular flexibility index (Phi) is 3.64. The molecule has 0 aromatic heterocycles. The van der Waals surface area contributed by atoms with Gasteiger partial charge in [0.2, 0.25) is 5.91 Å². The Morgan fingerprint density at radius 1 is 1.47 bits per heavy atom. The quantitative estimate of drug-likeness (QED) is 0.856. The second-order valence-electron chi connectivity index (χ2n) is 4.22. The van der Waals surface area contributed by atoms with E-state index in [9.17, 15) is 14.3 Å². The number of aliphatic hydroxyl groups excluding tert-OH is 1. The van der Waals surface area contributed by atoms with Crippen molar-refractivity contribution in [1.82, 2.24) is 0 Å². The molecule has 1 saturated carbocycles. The van der Waals surface area contributed by atoms with Gasteiger partial charge in [-0.15, -0.1) is 0 Å².